The molecule has 9 heteroatoms. The first kappa shape index (κ1) is 32.7. The second kappa shape index (κ2) is 14.2. The Morgan fingerprint density at radius 1 is 1.00 bits per heavy atom. The summed E-state index contributed by atoms with van der Waals surface area (Å²) in [6.07, 6.45) is 0.585. The van der Waals surface area contributed by atoms with Crippen molar-refractivity contribution in [3.63, 3.8) is 0 Å². The Kier molecular flexibility index (Phi) is 10.3. The maximum Gasteiger partial charge on any atom is 0.274 e. The number of carbonyl (C=O) groups excluding carboxylic acids is 1. The first-order valence-corrected chi connectivity index (χ1v) is 17.8. The molecule has 2 atom stereocenters. The molecule has 238 valence electrons. The molecule has 1 amide bonds. The van der Waals surface area contributed by atoms with Crippen LogP contribution in [0.2, 0.25) is 0 Å². The second-order valence-electron chi connectivity index (χ2n) is 12.4. The molecule has 0 radical (unpaired) electrons. The van der Waals surface area contributed by atoms with Crippen molar-refractivity contribution in [3.05, 3.63) is 112 Å². The van der Waals surface area contributed by atoms with Gasteiger partial charge in [0, 0.05) is 25.1 Å². The zero-order valence-corrected chi connectivity index (χ0v) is 28.3. The minimum Gasteiger partial charge on any atom is -0.493 e. The van der Waals surface area contributed by atoms with Crippen LogP contribution in [0.15, 0.2) is 88.5 Å². The van der Waals surface area contributed by atoms with Crippen molar-refractivity contribution in [2.75, 3.05) is 24.5 Å². The number of nitrogens with zero attached hydrogens (tertiary/aromatic N) is 2. The van der Waals surface area contributed by atoms with E-state index in [4.69, 9.17) is 4.74 Å². The highest BCUT2D eigenvalue weighted by atomic mass is 32.2. The van der Waals surface area contributed by atoms with Gasteiger partial charge in [-0.15, -0.1) is 11.3 Å². The molecular weight excluding hydrogens is 603 g/mol. The second-order valence-corrected chi connectivity index (χ2v) is 15.4. The van der Waals surface area contributed by atoms with Crippen molar-refractivity contribution in [3.8, 4) is 5.75 Å². The van der Waals surface area contributed by atoms with Crippen LogP contribution < -0.4 is 14.4 Å². The van der Waals surface area contributed by atoms with Crippen molar-refractivity contribution in [1.82, 2.24) is 10.2 Å². The summed E-state index contributed by atoms with van der Waals surface area (Å²) < 4.78 is 36.3. The lowest BCUT2D eigenvalue weighted by Crippen LogP contribution is -2.39. The van der Waals surface area contributed by atoms with Gasteiger partial charge in [-0.1, -0.05) is 68.4 Å². The highest BCUT2D eigenvalue weighted by Crippen LogP contribution is 2.39. The largest absolute Gasteiger partial charge is 0.493 e. The molecule has 1 N–H and O–H groups in total. The number of hydrogen-bond acceptors (Lipinski definition) is 6. The lowest BCUT2D eigenvalue weighted by Gasteiger charge is -2.34. The topological polar surface area (TPSA) is 79.0 Å². The third-order valence-corrected chi connectivity index (χ3v) is 11.1. The normalized spacial score (nSPS) is 15.4. The van der Waals surface area contributed by atoms with Gasteiger partial charge in [-0.3, -0.25) is 9.10 Å². The predicted octanol–water partition coefficient (Wildman–Crippen LogP) is 7.42. The van der Waals surface area contributed by atoms with Crippen LogP contribution in [-0.4, -0.2) is 39.4 Å². The minimum atomic E-state index is -3.99. The number of sulfonamides is 1. The van der Waals surface area contributed by atoms with Crippen molar-refractivity contribution in [1.29, 1.82) is 0 Å². The standard InChI is InChI=1S/C36H43N3O4S2/c1-25(2)23-38(5)24-28-13-14-31-32(15-16-43-34(31)21-28)37-35(40)22-33(29-10-7-6-8-11-29)39(30-19-26(3)18-27(4)20-30)45(41,42)36-12-9-17-44-36/h6-14,17-21,25,32-33H,15-16,22-24H2,1-5H3,(H,37,40). The smallest absolute Gasteiger partial charge is 0.274 e. The minimum absolute atomic E-state index is 0.0492. The van der Waals surface area contributed by atoms with Gasteiger partial charge in [-0.05, 0) is 78.7 Å². The van der Waals surface area contributed by atoms with E-state index in [1.54, 1.807) is 17.5 Å². The Bertz CT molecular complexity index is 1690. The maximum atomic E-state index is 14.3. The molecule has 5 rings (SSSR count). The first-order valence-electron chi connectivity index (χ1n) is 15.5. The Labute approximate surface area is 271 Å². The Morgan fingerprint density at radius 2 is 1.73 bits per heavy atom. The number of hydrogen-bond donors (Lipinski definition) is 1. The van der Waals surface area contributed by atoms with Gasteiger partial charge >= 0.3 is 0 Å². The van der Waals surface area contributed by atoms with Gasteiger partial charge in [0.05, 0.1) is 30.8 Å². The molecule has 0 saturated heterocycles. The molecule has 1 aromatic heterocycles. The van der Waals surface area contributed by atoms with Gasteiger partial charge in [0.25, 0.3) is 10.0 Å². The van der Waals surface area contributed by atoms with E-state index in [-0.39, 0.29) is 22.6 Å². The number of nitrogens with one attached hydrogen (secondary N) is 1. The van der Waals surface area contributed by atoms with Gasteiger partial charge in [0.1, 0.15) is 9.96 Å². The highest BCUT2D eigenvalue weighted by molar-refractivity contribution is 7.94. The van der Waals surface area contributed by atoms with Gasteiger partial charge in [-0.25, -0.2) is 8.42 Å². The average molecular weight is 646 g/mol. The van der Waals surface area contributed by atoms with Crippen LogP contribution in [0.25, 0.3) is 0 Å². The molecule has 2 heterocycles. The summed E-state index contributed by atoms with van der Waals surface area (Å²) in [5.41, 5.74) is 5.28. The predicted molar refractivity (Wildman–Crippen MR) is 182 cm³/mol. The van der Waals surface area contributed by atoms with E-state index < -0.39 is 16.1 Å². The summed E-state index contributed by atoms with van der Waals surface area (Å²) >= 11 is 1.17. The van der Waals surface area contributed by atoms with Crippen molar-refractivity contribution >= 4 is 33.0 Å². The summed E-state index contributed by atoms with van der Waals surface area (Å²) in [6.45, 7) is 10.6. The summed E-state index contributed by atoms with van der Waals surface area (Å²) in [4.78, 5) is 16.2. The van der Waals surface area contributed by atoms with E-state index in [1.165, 1.54) is 15.6 Å². The van der Waals surface area contributed by atoms with Crippen LogP contribution in [0, 0.1) is 19.8 Å². The van der Waals surface area contributed by atoms with E-state index in [0.29, 0.717) is 24.6 Å². The van der Waals surface area contributed by atoms with Crippen molar-refractivity contribution in [2.45, 2.75) is 63.4 Å². The number of amides is 1. The van der Waals surface area contributed by atoms with Crippen LogP contribution >= 0.6 is 11.3 Å². The molecule has 1 aliphatic rings. The Balaban J connectivity index is 1.45. The molecule has 3 aromatic carbocycles. The summed E-state index contributed by atoms with van der Waals surface area (Å²) in [7, 11) is -1.88. The fraction of sp³-hybridized carbons (Fsp3) is 0.361. The average Bonchev–Trinajstić information content (AvgIpc) is 3.53. The number of rotatable bonds is 12. The maximum absolute atomic E-state index is 14.3. The number of anilines is 1. The van der Waals surface area contributed by atoms with Crippen molar-refractivity contribution in [2.24, 2.45) is 5.92 Å². The van der Waals surface area contributed by atoms with Gasteiger partial charge in [0.2, 0.25) is 5.91 Å². The van der Waals surface area contributed by atoms with Crippen LogP contribution in [0.5, 0.6) is 5.75 Å². The van der Waals surface area contributed by atoms with Crippen LogP contribution in [0.1, 0.15) is 66.6 Å². The quantitative estimate of drug-likeness (QED) is 0.174. The monoisotopic (exact) mass is 645 g/mol. The van der Waals surface area contributed by atoms with E-state index in [2.05, 4.69) is 49.3 Å². The van der Waals surface area contributed by atoms with E-state index in [9.17, 15) is 13.2 Å². The lowest BCUT2D eigenvalue weighted by molar-refractivity contribution is -0.122. The molecule has 2 unspecified atom stereocenters. The molecule has 0 saturated carbocycles. The van der Waals surface area contributed by atoms with Gasteiger partial charge in [-0.2, -0.15) is 0 Å². The number of benzene rings is 3. The number of carbonyl (C=O) groups is 1. The molecular formula is C36H43N3O4S2. The molecule has 0 aliphatic carbocycles. The fourth-order valence-corrected chi connectivity index (χ4v) is 8.89. The zero-order valence-electron chi connectivity index (χ0n) is 26.7. The Morgan fingerprint density at radius 3 is 2.40 bits per heavy atom. The molecule has 0 spiro atoms. The van der Waals surface area contributed by atoms with E-state index >= 15 is 0 Å². The number of fused-ring (bicyclic) bond motifs is 1. The zero-order chi connectivity index (χ0) is 32.1. The van der Waals surface area contributed by atoms with Crippen molar-refractivity contribution < 1.29 is 17.9 Å². The Hall–Kier alpha value is -3.66. The lowest BCUT2D eigenvalue weighted by atomic mass is 9.97. The van der Waals surface area contributed by atoms with E-state index in [0.717, 1.165) is 46.7 Å². The fourth-order valence-electron chi connectivity index (χ4n) is 6.19. The summed E-state index contributed by atoms with van der Waals surface area (Å²) in [6, 6.07) is 23.8. The van der Waals surface area contributed by atoms with Crippen LogP contribution in [0.3, 0.4) is 0 Å². The highest BCUT2D eigenvalue weighted by Gasteiger charge is 2.36. The molecule has 0 bridgehead atoms. The molecule has 4 aromatic rings. The number of thiophene rings is 1. The summed E-state index contributed by atoms with van der Waals surface area (Å²) in [5.74, 6) is 1.14. The van der Waals surface area contributed by atoms with Crippen LogP contribution in [-0.2, 0) is 21.4 Å². The SMILES string of the molecule is Cc1cc(C)cc(N(C(CC(=O)NC2CCOc3cc(CN(C)CC(C)C)ccc32)c2ccccc2)S(=O)(=O)c2cccs2)c1. The van der Waals surface area contributed by atoms with Gasteiger partial charge in [0.15, 0.2) is 0 Å². The third-order valence-electron chi connectivity index (χ3n) is 7.90. The van der Waals surface area contributed by atoms with E-state index in [1.807, 2.05) is 62.4 Å². The van der Waals surface area contributed by atoms with Gasteiger partial charge < -0.3 is 15.0 Å². The third kappa shape index (κ3) is 7.95. The molecule has 0 fully saturated rings. The number of aryl methyl sites for hydroxylation is 2. The summed E-state index contributed by atoms with van der Waals surface area (Å²) in [5, 5.41) is 4.99. The molecule has 1 aliphatic heterocycles. The number of ether oxygens (including phenoxy) is 1. The molecule has 45 heavy (non-hydrogen) atoms. The van der Waals surface area contributed by atoms with Crippen LogP contribution in [0.4, 0.5) is 5.69 Å². The molecule has 7 nitrogen and oxygen atoms in total. The first-order chi connectivity index (χ1) is 21.5.